The van der Waals surface area contributed by atoms with Crippen LogP contribution in [0, 0.1) is 11.8 Å². The first-order chi connectivity index (χ1) is 7.08. The monoisotopic (exact) mass is 244 g/mol. The van der Waals surface area contributed by atoms with Crippen molar-refractivity contribution in [3.8, 4) is 11.8 Å². The van der Waals surface area contributed by atoms with Crippen LogP contribution in [0.2, 0.25) is 5.15 Å². The minimum Gasteiger partial charge on any atom is -0.243 e. The van der Waals surface area contributed by atoms with Gasteiger partial charge in [-0.15, -0.1) is 5.92 Å². The van der Waals surface area contributed by atoms with Gasteiger partial charge in [0.2, 0.25) is 10.0 Å². The van der Waals surface area contributed by atoms with Crippen molar-refractivity contribution in [2.75, 3.05) is 6.54 Å². The van der Waals surface area contributed by atoms with E-state index in [1.54, 1.807) is 6.92 Å². The lowest BCUT2D eigenvalue weighted by Gasteiger charge is -2.04. The predicted molar refractivity (Wildman–Crippen MR) is 57.9 cm³/mol. The van der Waals surface area contributed by atoms with Gasteiger partial charge in [0.25, 0.3) is 0 Å². The summed E-state index contributed by atoms with van der Waals surface area (Å²) in [6.45, 7) is 1.69. The van der Waals surface area contributed by atoms with Crippen molar-refractivity contribution in [2.24, 2.45) is 0 Å². The van der Waals surface area contributed by atoms with Gasteiger partial charge in [-0.2, -0.15) is 4.72 Å². The Labute approximate surface area is 93.7 Å². The topological polar surface area (TPSA) is 59.1 Å². The van der Waals surface area contributed by atoms with E-state index in [0.29, 0.717) is 0 Å². The van der Waals surface area contributed by atoms with Crippen LogP contribution in [0.25, 0.3) is 0 Å². The fraction of sp³-hybridized carbons (Fsp3) is 0.222. The molecule has 15 heavy (non-hydrogen) atoms. The number of aromatic nitrogens is 1. The van der Waals surface area contributed by atoms with Crippen LogP contribution in [0.3, 0.4) is 0 Å². The number of halogens is 1. The molecule has 1 aromatic rings. The molecule has 0 aliphatic rings. The van der Waals surface area contributed by atoms with Crippen LogP contribution < -0.4 is 4.72 Å². The standard InChI is InChI=1S/C9H9ClN2O2S/c1-2-3-7-12-15(13,14)8-5-4-6-11-9(8)10/h4-6,12H,7H2,1H3. The number of sulfonamides is 1. The molecule has 0 aromatic carbocycles. The lowest BCUT2D eigenvalue weighted by atomic mass is 10.5. The third-order valence-corrected chi connectivity index (χ3v) is 3.39. The quantitative estimate of drug-likeness (QED) is 0.638. The number of hydrogen-bond acceptors (Lipinski definition) is 3. The van der Waals surface area contributed by atoms with Crippen LogP contribution in [0.4, 0.5) is 0 Å². The van der Waals surface area contributed by atoms with Gasteiger partial charge in [0.1, 0.15) is 10.0 Å². The summed E-state index contributed by atoms with van der Waals surface area (Å²) in [6, 6.07) is 2.89. The van der Waals surface area contributed by atoms with Gasteiger partial charge < -0.3 is 0 Å². The lowest BCUT2D eigenvalue weighted by Crippen LogP contribution is -2.24. The maximum atomic E-state index is 11.6. The number of hydrogen-bond donors (Lipinski definition) is 1. The molecule has 0 unspecified atom stereocenters. The van der Waals surface area contributed by atoms with Gasteiger partial charge in [0.05, 0.1) is 6.54 Å². The van der Waals surface area contributed by atoms with E-state index in [9.17, 15) is 8.42 Å². The molecule has 6 heteroatoms. The number of nitrogens with zero attached hydrogens (tertiary/aromatic N) is 1. The Hall–Kier alpha value is -1.09. The summed E-state index contributed by atoms with van der Waals surface area (Å²) in [5, 5.41) is -0.0468. The summed E-state index contributed by atoms with van der Waals surface area (Å²) < 4.78 is 25.5. The first-order valence-corrected chi connectivity index (χ1v) is 5.94. The fourth-order valence-electron chi connectivity index (χ4n) is 0.869. The van der Waals surface area contributed by atoms with Gasteiger partial charge in [-0.05, 0) is 19.1 Å². The van der Waals surface area contributed by atoms with Crippen LogP contribution in [0.1, 0.15) is 6.92 Å². The van der Waals surface area contributed by atoms with Crippen LogP contribution in [0.15, 0.2) is 23.2 Å². The molecule has 1 heterocycles. The highest BCUT2D eigenvalue weighted by molar-refractivity contribution is 7.89. The summed E-state index contributed by atoms with van der Waals surface area (Å²) in [5.41, 5.74) is 0. The van der Waals surface area contributed by atoms with Gasteiger partial charge in [0, 0.05) is 6.20 Å². The Morgan fingerprint density at radius 1 is 1.60 bits per heavy atom. The van der Waals surface area contributed by atoms with Crippen LogP contribution in [0.5, 0.6) is 0 Å². The summed E-state index contributed by atoms with van der Waals surface area (Å²) in [4.78, 5) is 3.65. The highest BCUT2D eigenvalue weighted by atomic mass is 35.5. The van der Waals surface area contributed by atoms with Crippen molar-refractivity contribution in [2.45, 2.75) is 11.8 Å². The molecule has 0 radical (unpaired) electrons. The molecule has 0 amide bonds. The number of nitrogens with one attached hydrogen (secondary N) is 1. The third kappa shape index (κ3) is 3.20. The van der Waals surface area contributed by atoms with Crippen molar-refractivity contribution in [3.05, 3.63) is 23.5 Å². The van der Waals surface area contributed by atoms with Crippen LogP contribution >= 0.6 is 11.6 Å². The number of rotatable bonds is 3. The molecule has 0 bridgehead atoms. The first kappa shape index (κ1) is 12.0. The molecular weight excluding hydrogens is 236 g/mol. The van der Waals surface area contributed by atoms with Crippen molar-refractivity contribution >= 4 is 21.6 Å². The Kier molecular flexibility index (Phi) is 4.09. The van der Waals surface area contributed by atoms with Gasteiger partial charge in [-0.3, -0.25) is 0 Å². The summed E-state index contributed by atoms with van der Waals surface area (Å²) in [5.74, 6) is 5.17. The average Bonchev–Trinajstić information content (AvgIpc) is 2.18. The van der Waals surface area contributed by atoms with E-state index in [2.05, 4.69) is 21.5 Å². The minimum absolute atomic E-state index is 0.0374. The van der Waals surface area contributed by atoms with Crippen molar-refractivity contribution in [1.82, 2.24) is 9.71 Å². The molecule has 4 nitrogen and oxygen atoms in total. The van der Waals surface area contributed by atoms with Crippen molar-refractivity contribution < 1.29 is 8.42 Å². The summed E-state index contributed by atoms with van der Waals surface area (Å²) >= 11 is 5.66. The predicted octanol–water partition coefficient (Wildman–Crippen LogP) is 1.04. The maximum absolute atomic E-state index is 11.6. The van der Waals surface area contributed by atoms with E-state index < -0.39 is 10.0 Å². The smallest absolute Gasteiger partial charge is 0.243 e. The zero-order valence-corrected chi connectivity index (χ0v) is 9.56. The Morgan fingerprint density at radius 3 is 2.93 bits per heavy atom. The fourth-order valence-corrected chi connectivity index (χ4v) is 2.24. The van der Waals surface area contributed by atoms with Crippen molar-refractivity contribution in [3.63, 3.8) is 0 Å². The summed E-state index contributed by atoms with van der Waals surface area (Å²) in [7, 11) is -3.61. The zero-order chi connectivity index (χ0) is 11.3. The first-order valence-electron chi connectivity index (χ1n) is 4.07. The van der Waals surface area contributed by atoms with Crippen molar-refractivity contribution in [1.29, 1.82) is 0 Å². The number of pyridine rings is 1. The van der Waals surface area contributed by atoms with E-state index in [4.69, 9.17) is 11.6 Å². The van der Waals surface area contributed by atoms with Gasteiger partial charge in [0.15, 0.2) is 0 Å². The second-order valence-electron chi connectivity index (χ2n) is 2.54. The zero-order valence-electron chi connectivity index (χ0n) is 7.99. The summed E-state index contributed by atoms with van der Waals surface area (Å²) in [6.07, 6.45) is 1.42. The van der Waals surface area contributed by atoms with Crippen LogP contribution in [-0.2, 0) is 10.0 Å². The second kappa shape index (κ2) is 5.12. The SMILES string of the molecule is CC#CCNS(=O)(=O)c1cccnc1Cl. The second-order valence-corrected chi connectivity index (χ2v) is 4.64. The molecule has 1 aromatic heterocycles. The third-order valence-electron chi connectivity index (χ3n) is 1.54. The average molecular weight is 245 g/mol. The maximum Gasteiger partial charge on any atom is 0.244 e. The molecule has 0 saturated heterocycles. The van der Waals surface area contributed by atoms with E-state index in [0.717, 1.165) is 0 Å². The molecule has 0 aliphatic heterocycles. The van der Waals surface area contributed by atoms with E-state index in [1.807, 2.05) is 0 Å². The molecule has 1 N–H and O–H groups in total. The normalized spacial score (nSPS) is 10.5. The van der Waals surface area contributed by atoms with E-state index in [-0.39, 0.29) is 16.6 Å². The molecule has 0 atom stereocenters. The van der Waals surface area contributed by atoms with E-state index >= 15 is 0 Å². The highest BCUT2D eigenvalue weighted by Crippen LogP contribution is 2.16. The molecule has 0 fully saturated rings. The molecular formula is C9H9ClN2O2S. The van der Waals surface area contributed by atoms with E-state index in [1.165, 1.54) is 18.3 Å². The lowest BCUT2D eigenvalue weighted by molar-refractivity contribution is 0.585. The molecule has 0 aliphatic carbocycles. The molecule has 1 rings (SSSR count). The Morgan fingerprint density at radius 2 is 2.33 bits per heavy atom. The molecule has 0 spiro atoms. The largest absolute Gasteiger partial charge is 0.244 e. The van der Waals surface area contributed by atoms with Gasteiger partial charge in [-0.25, -0.2) is 13.4 Å². The highest BCUT2D eigenvalue weighted by Gasteiger charge is 2.16. The van der Waals surface area contributed by atoms with Gasteiger partial charge in [-0.1, -0.05) is 17.5 Å². The molecule has 80 valence electrons. The Bertz CT molecular complexity index is 502. The van der Waals surface area contributed by atoms with Crippen LogP contribution in [-0.4, -0.2) is 19.9 Å². The minimum atomic E-state index is -3.61. The molecule has 0 saturated carbocycles. The van der Waals surface area contributed by atoms with Gasteiger partial charge >= 0.3 is 0 Å². The Balaban J connectivity index is 2.95.